The largest absolute Gasteiger partial charge is 0.496 e. The topological polar surface area (TPSA) is 70.5 Å². The first kappa shape index (κ1) is 17.9. The van der Waals surface area contributed by atoms with Gasteiger partial charge in [0, 0.05) is 29.2 Å². The van der Waals surface area contributed by atoms with Crippen LogP contribution < -0.4 is 15.0 Å². The number of hydrogen-bond acceptors (Lipinski definition) is 6. The monoisotopic (exact) mass is 406 g/mol. The molecule has 25 heavy (non-hydrogen) atoms. The number of hydrogen-bond donors (Lipinski definition) is 2. The molecule has 6 nitrogen and oxygen atoms in total. The molecule has 0 bridgehead atoms. The third-order valence-electron chi connectivity index (χ3n) is 4.49. The van der Waals surface area contributed by atoms with Gasteiger partial charge < -0.3 is 20.1 Å². The van der Waals surface area contributed by atoms with Gasteiger partial charge in [-0.25, -0.2) is 9.97 Å². The third-order valence-corrected chi connectivity index (χ3v) is 4.98. The van der Waals surface area contributed by atoms with Crippen molar-refractivity contribution in [1.82, 2.24) is 9.97 Å². The number of anilines is 2. The summed E-state index contributed by atoms with van der Waals surface area (Å²) in [4.78, 5) is 10.9. The van der Waals surface area contributed by atoms with Gasteiger partial charge in [0.15, 0.2) is 0 Å². The molecular weight excluding hydrogens is 384 g/mol. The molecular formula is C18H23BrN4O2. The highest BCUT2D eigenvalue weighted by Crippen LogP contribution is 2.26. The molecule has 0 saturated carbocycles. The van der Waals surface area contributed by atoms with Crippen molar-refractivity contribution in [3.05, 3.63) is 40.6 Å². The van der Waals surface area contributed by atoms with Crippen molar-refractivity contribution >= 4 is 27.6 Å². The normalized spacial score (nSPS) is 17.4. The first-order valence-electron chi connectivity index (χ1n) is 8.47. The van der Waals surface area contributed by atoms with Gasteiger partial charge in [-0.05, 0) is 37.5 Å². The maximum atomic E-state index is 9.61. The lowest BCUT2D eigenvalue weighted by molar-refractivity contribution is 0.239. The number of aliphatic hydroxyl groups excluding tert-OH is 1. The number of piperidine rings is 1. The number of rotatable bonds is 6. The maximum absolute atomic E-state index is 9.61. The molecule has 2 aromatic rings. The van der Waals surface area contributed by atoms with Crippen LogP contribution in [-0.2, 0) is 6.54 Å². The van der Waals surface area contributed by atoms with Gasteiger partial charge in [0.2, 0.25) is 0 Å². The van der Waals surface area contributed by atoms with Crippen molar-refractivity contribution in [1.29, 1.82) is 0 Å². The van der Waals surface area contributed by atoms with Crippen LogP contribution in [0.15, 0.2) is 35.1 Å². The fraction of sp³-hybridized carbons (Fsp3) is 0.444. The van der Waals surface area contributed by atoms with Crippen LogP contribution in [-0.4, -0.2) is 41.4 Å². The van der Waals surface area contributed by atoms with Crippen molar-refractivity contribution in [3.8, 4) is 5.75 Å². The van der Waals surface area contributed by atoms with E-state index in [2.05, 4.69) is 36.1 Å². The number of ether oxygens (including phenoxy) is 1. The molecule has 2 N–H and O–H groups in total. The Morgan fingerprint density at radius 2 is 2.20 bits per heavy atom. The standard InChI is InChI=1S/C18H23BrN4O2/c1-25-16-6-5-14(19)8-13(16)10-20-17-9-18(22-12-21-17)23-7-3-2-4-15(23)11-24/h5-6,8-9,12,15,24H,2-4,7,10-11H2,1H3,(H,20,21,22). The van der Waals surface area contributed by atoms with Crippen LogP contribution in [0.25, 0.3) is 0 Å². The van der Waals surface area contributed by atoms with E-state index in [4.69, 9.17) is 4.74 Å². The minimum atomic E-state index is 0.140. The molecule has 0 amide bonds. The Morgan fingerprint density at radius 1 is 1.32 bits per heavy atom. The molecule has 2 heterocycles. The van der Waals surface area contributed by atoms with E-state index in [-0.39, 0.29) is 12.6 Å². The minimum absolute atomic E-state index is 0.140. The molecule has 1 fully saturated rings. The van der Waals surface area contributed by atoms with Crippen LogP contribution >= 0.6 is 15.9 Å². The summed E-state index contributed by atoms with van der Waals surface area (Å²) < 4.78 is 6.41. The summed E-state index contributed by atoms with van der Waals surface area (Å²) in [7, 11) is 1.67. The quantitative estimate of drug-likeness (QED) is 0.767. The Labute approximate surface area is 156 Å². The summed E-state index contributed by atoms with van der Waals surface area (Å²) >= 11 is 3.49. The van der Waals surface area contributed by atoms with Crippen LogP contribution in [0.3, 0.4) is 0 Å². The predicted octanol–water partition coefficient (Wildman–Crippen LogP) is 3.21. The van der Waals surface area contributed by atoms with E-state index in [0.29, 0.717) is 6.54 Å². The van der Waals surface area contributed by atoms with Gasteiger partial charge in [-0.15, -0.1) is 0 Å². The molecule has 0 aliphatic carbocycles. The van der Waals surface area contributed by atoms with Crippen LogP contribution in [0.2, 0.25) is 0 Å². The van der Waals surface area contributed by atoms with E-state index >= 15 is 0 Å². The number of aliphatic hydroxyl groups is 1. The van der Waals surface area contributed by atoms with Crippen LogP contribution in [0.1, 0.15) is 24.8 Å². The molecule has 1 aromatic carbocycles. The van der Waals surface area contributed by atoms with Gasteiger partial charge in [0.25, 0.3) is 0 Å². The average Bonchev–Trinajstić information content (AvgIpc) is 2.66. The molecule has 0 radical (unpaired) electrons. The van der Waals surface area contributed by atoms with E-state index in [1.165, 1.54) is 0 Å². The fourth-order valence-electron chi connectivity index (χ4n) is 3.16. The highest BCUT2D eigenvalue weighted by atomic mass is 79.9. The van der Waals surface area contributed by atoms with Crippen LogP contribution in [0, 0.1) is 0 Å². The lowest BCUT2D eigenvalue weighted by Gasteiger charge is -2.35. The maximum Gasteiger partial charge on any atom is 0.134 e. The summed E-state index contributed by atoms with van der Waals surface area (Å²) in [6, 6.07) is 8.00. The number of nitrogens with zero attached hydrogens (tertiary/aromatic N) is 3. The smallest absolute Gasteiger partial charge is 0.134 e. The van der Waals surface area contributed by atoms with Gasteiger partial charge in [0.1, 0.15) is 23.7 Å². The molecule has 134 valence electrons. The zero-order valence-electron chi connectivity index (χ0n) is 14.3. The van der Waals surface area contributed by atoms with E-state index < -0.39 is 0 Å². The Kier molecular flexibility index (Phi) is 6.09. The molecule has 1 aliphatic rings. The molecule has 1 unspecified atom stereocenters. The number of methoxy groups -OCH3 is 1. The lowest BCUT2D eigenvalue weighted by atomic mass is 10.0. The van der Waals surface area contributed by atoms with E-state index in [1.54, 1.807) is 13.4 Å². The minimum Gasteiger partial charge on any atom is -0.496 e. The zero-order chi connectivity index (χ0) is 17.6. The first-order valence-corrected chi connectivity index (χ1v) is 9.26. The van der Waals surface area contributed by atoms with Crippen molar-refractivity contribution in [2.45, 2.75) is 31.8 Å². The van der Waals surface area contributed by atoms with Gasteiger partial charge in [-0.2, -0.15) is 0 Å². The van der Waals surface area contributed by atoms with Gasteiger partial charge >= 0.3 is 0 Å². The SMILES string of the molecule is COc1ccc(Br)cc1CNc1cc(N2CCCCC2CO)ncn1. The molecule has 3 rings (SSSR count). The van der Waals surface area contributed by atoms with Gasteiger partial charge in [-0.3, -0.25) is 0 Å². The van der Waals surface area contributed by atoms with Crippen molar-refractivity contribution in [2.24, 2.45) is 0 Å². The van der Waals surface area contributed by atoms with E-state index in [0.717, 1.165) is 53.2 Å². The second kappa shape index (κ2) is 8.49. The van der Waals surface area contributed by atoms with Crippen molar-refractivity contribution in [3.63, 3.8) is 0 Å². The van der Waals surface area contributed by atoms with Gasteiger partial charge in [-0.1, -0.05) is 15.9 Å². The summed E-state index contributed by atoms with van der Waals surface area (Å²) in [6.45, 7) is 1.67. The van der Waals surface area contributed by atoms with Crippen molar-refractivity contribution < 1.29 is 9.84 Å². The average molecular weight is 407 g/mol. The Hall–Kier alpha value is -1.86. The fourth-order valence-corrected chi connectivity index (χ4v) is 3.57. The van der Waals surface area contributed by atoms with Crippen LogP contribution in [0.5, 0.6) is 5.75 Å². The molecule has 1 aliphatic heterocycles. The Morgan fingerprint density at radius 3 is 3.00 bits per heavy atom. The Bertz CT molecular complexity index is 713. The summed E-state index contributed by atoms with van der Waals surface area (Å²) in [6.07, 6.45) is 4.84. The molecule has 1 saturated heterocycles. The number of benzene rings is 1. The lowest BCUT2D eigenvalue weighted by Crippen LogP contribution is -2.42. The van der Waals surface area contributed by atoms with E-state index in [9.17, 15) is 5.11 Å². The second-order valence-corrected chi connectivity index (χ2v) is 7.01. The molecule has 7 heteroatoms. The first-order chi connectivity index (χ1) is 12.2. The number of halogens is 1. The van der Waals surface area contributed by atoms with Crippen molar-refractivity contribution in [2.75, 3.05) is 30.5 Å². The summed E-state index contributed by atoms with van der Waals surface area (Å²) in [5.41, 5.74) is 1.04. The number of aromatic nitrogens is 2. The molecule has 1 atom stereocenters. The predicted molar refractivity (Wildman–Crippen MR) is 102 cm³/mol. The number of nitrogens with one attached hydrogen (secondary N) is 1. The summed E-state index contributed by atoms with van der Waals surface area (Å²) in [5.74, 6) is 2.45. The van der Waals surface area contributed by atoms with E-state index in [1.807, 2.05) is 24.3 Å². The van der Waals surface area contributed by atoms with Crippen LogP contribution in [0.4, 0.5) is 11.6 Å². The molecule has 1 aromatic heterocycles. The molecule has 0 spiro atoms. The van der Waals surface area contributed by atoms with Gasteiger partial charge in [0.05, 0.1) is 19.8 Å². The Balaban J connectivity index is 1.73. The zero-order valence-corrected chi connectivity index (χ0v) is 15.9. The second-order valence-electron chi connectivity index (χ2n) is 6.10. The highest BCUT2D eigenvalue weighted by molar-refractivity contribution is 9.10. The summed E-state index contributed by atoms with van der Waals surface area (Å²) in [5, 5.41) is 12.9. The highest BCUT2D eigenvalue weighted by Gasteiger charge is 2.23. The third kappa shape index (κ3) is 4.41.